The molecule has 0 aromatic rings. The Morgan fingerprint density at radius 1 is 1.11 bits per heavy atom. The Labute approximate surface area is 116 Å². The summed E-state index contributed by atoms with van der Waals surface area (Å²) in [5, 5.41) is 2.02. The Kier molecular flexibility index (Phi) is 3.12. The summed E-state index contributed by atoms with van der Waals surface area (Å²) in [5.41, 5.74) is -0.359. The molecule has 4 nitrogen and oxygen atoms in total. The largest absolute Gasteiger partial charge is 0.443 e. The smallest absolute Gasteiger partial charge is 0.414 e. The Morgan fingerprint density at radius 3 is 1.94 bits per heavy atom. The van der Waals surface area contributed by atoms with Crippen LogP contribution >= 0.6 is 28.5 Å². The van der Waals surface area contributed by atoms with E-state index in [1.165, 1.54) is 19.3 Å². The number of ether oxygens (including phenoxy) is 1. The summed E-state index contributed by atoms with van der Waals surface area (Å²) in [6, 6.07) is 0. The van der Waals surface area contributed by atoms with Crippen LogP contribution in [0.15, 0.2) is 0 Å². The van der Waals surface area contributed by atoms with Crippen LogP contribution in [-0.4, -0.2) is 11.7 Å². The highest BCUT2D eigenvalue weighted by molar-refractivity contribution is 8.07. The summed E-state index contributed by atoms with van der Waals surface area (Å²) in [6.07, 6.45) is 5.87. The summed E-state index contributed by atoms with van der Waals surface area (Å²) in [5.74, 6) is -1.56. The molecule has 0 aliphatic heterocycles. The van der Waals surface area contributed by atoms with Crippen LogP contribution < -0.4 is 5.09 Å². The highest BCUT2D eigenvalue weighted by Gasteiger charge is 2.53. The number of rotatable bonds is 2. The SMILES string of the molecule is O=C(NP(=O)(Cl)Cl)OC12CC3CC(CC(C3)C1)C2. The number of halogens is 2. The zero-order valence-corrected chi connectivity index (χ0v) is 12.3. The molecule has 4 bridgehead atoms. The van der Waals surface area contributed by atoms with Crippen molar-refractivity contribution in [1.29, 1.82) is 0 Å². The minimum absolute atomic E-state index is 0.359. The van der Waals surface area contributed by atoms with Gasteiger partial charge < -0.3 is 4.74 Å². The third-order valence-electron chi connectivity index (χ3n) is 4.51. The Hall–Kier alpha value is 0.0800. The first-order valence-corrected chi connectivity index (χ1v) is 9.86. The van der Waals surface area contributed by atoms with Gasteiger partial charge in [-0.05, 0) is 78.8 Å². The molecule has 4 aliphatic carbocycles. The number of carbonyl (C=O) groups is 1. The van der Waals surface area contributed by atoms with Gasteiger partial charge in [-0.2, -0.15) is 0 Å². The molecule has 4 aliphatic rings. The lowest BCUT2D eigenvalue weighted by Gasteiger charge is -2.55. The van der Waals surface area contributed by atoms with E-state index in [9.17, 15) is 9.36 Å². The van der Waals surface area contributed by atoms with Crippen molar-refractivity contribution in [2.75, 3.05) is 0 Å². The van der Waals surface area contributed by atoms with Crippen molar-refractivity contribution in [3.63, 3.8) is 0 Å². The topological polar surface area (TPSA) is 55.4 Å². The predicted octanol–water partition coefficient (Wildman–Crippen LogP) is 4.27. The number of nitrogens with one attached hydrogen (secondary N) is 1. The van der Waals surface area contributed by atoms with Crippen LogP contribution in [0.4, 0.5) is 4.79 Å². The lowest BCUT2D eigenvalue weighted by atomic mass is 9.54. The van der Waals surface area contributed by atoms with Crippen LogP contribution in [0, 0.1) is 17.8 Å². The minimum atomic E-state index is -3.61. The van der Waals surface area contributed by atoms with Gasteiger partial charge in [0.2, 0.25) is 0 Å². The van der Waals surface area contributed by atoms with Gasteiger partial charge in [-0.15, -0.1) is 0 Å². The zero-order valence-electron chi connectivity index (χ0n) is 9.90. The molecule has 4 saturated carbocycles. The van der Waals surface area contributed by atoms with Gasteiger partial charge in [0, 0.05) is 0 Å². The molecule has 0 radical (unpaired) electrons. The maximum atomic E-state index is 11.7. The van der Waals surface area contributed by atoms with Gasteiger partial charge in [-0.25, -0.2) is 9.88 Å². The number of hydrogen-bond acceptors (Lipinski definition) is 3. The lowest BCUT2D eigenvalue weighted by Crippen LogP contribution is -2.53. The van der Waals surface area contributed by atoms with Crippen LogP contribution in [0.1, 0.15) is 38.5 Å². The van der Waals surface area contributed by atoms with Gasteiger partial charge in [-0.3, -0.25) is 4.57 Å². The second-order valence-electron chi connectivity index (χ2n) is 6.06. The molecule has 0 unspecified atom stereocenters. The molecular formula is C11H16Cl2NO3P. The number of hydrogen-bond donors (Lipinski definition) is 1. The van der Waals surface area contributed by atoms with Crippen molar-refractivity contribution >= 4 is 34.6 Å². The Bertz CT molecular complexity index is 387. The van der Waals surface area contributed by atoms with Crippen LogP contribution in [0.25, 0.3) is 0 Å². The maximum absolute atomic E-state index is 11.7. The van der Waals surface area contributed by atoms with Crippen molar-refractivity contribution in [1.82, 2.24) is 5.09 Å². The van der Waals surface area contributed by atoms with E-state index in [-0.39, 0.29) is 5.60 Å². The van der Waals surface area contributed by atoms with Gasteiger partial charge in [0.25, 0.3) is 0 Å². The third-order valence-corrected chi connectivity index (χ3v) is 5.46. The lowest BCUT2D eigenvalue weighted by molar-refractivity contribution is -0.126. The molecule has 4 fully saturated rings. The van der Waals surface area contributed by atoms with E-state index in [1.807, 2.05) is 5.09 Å². The molecule has 1 amide bonds. The molecule has 0 saturated heterocycles. The first kappa shape index (κ1) is 13.1. The summed E-state index contributed by atoms with van der Waals surface area (Å²) in [7, 11) is 0. The van der Waals surface area contributed by atoms with E-state index < -0.39 is 12.1 Å². The van der Waals surface area contributed by atoms with E-state index in [0.29, 0.717) is 17.8 Å². The molecule has 0 atom stereocenters. The quantitative estimate of drug-likeness (QED) is 0.775. The van der Waals surface area contributed by atoms with Gasteiger partial charge in [0.15, 0.2) is 0 Å². The van der Waals surface area contributed by atoms with Gasteiger partial charge in [0.05, 0.1) is 0 Å². The second-order valence-corrected chi connectivity index (χ2v) is 10.6. The van der Waals surface area contributed by atoms with Crippen molar-refractivity contribution in [3.8, 4) is 0 Å². The number of amides is 1. The molecule has 1 N–H and O–H groups in total. The van der Waals surface area contributed by atoms with E-state index >= 15 is 0 Å². The molecule has 0 aromatic heterocycles. The maximum Gasteiger partial charge on any atom is 0.414 e. The molecule has 0 heterocycles. The van der Waals surface area contributed by atoms with E-state index in [4.69, 9.17) is 27.2 Å². The Balaban J connectivity index is 1.69. The molecule has 102 valence electrons. The fraction of sp³-hybridized carbons (Fsp3) is 0.909. The van der Waals surface area contributed by atoms with Crippen molar-refractivity contribution < 1.29 is 14.1 Å². The molecule has 18 heavy (non-hydrogen) atoms. The average molecular weight is 312 g/mol. The first-order valence-electron chi connectivity index (χ1n) is 6.34. The van der Waals surface area contributed by atoms with E-state index in [2.05, 4.69) is 0 Å². The van der Waals surface area contributed by atoms with Gasteiger partial charge >= 0.3 is 12.1 Å². The molecule has 7 heteroatoms. The van der Waals surface area contributed by atoms with Gasteiger partial charge in [0.1, 0.15) is 5.60 Å². The van der Waals surface area contributed by atoms with E-state index in [1.54, 1.807) is 0 Å². The normalized spacial score (nSPS) is 41.8. The van der Waals surface area contributed by atoms with E-state index in [0.717, 1.165) is 19.3 Å². The highest BCUT2D eigenvalue weighted by atomic mass is 35.9. The first-order chi connectivity index (χ1) is 8.34. The third kappa shape index (κ3) is 2.66. The van der Waals surface area contributed by atoms with Crippen LogP contribution in [-0.2, 0) is 9.30 Å². The van der Waals surface area contributed by atoms with Crippen LogP contribution in [0.2, 0.25) is 0 Å². The standard InChI is InChI=1S/C11H16Cl2NO3P/c12-18(13,16)14-10(15)17-11-4-7-1-8(5-11)3-9(2-7)6-11/h7-9H,1-6H2,(H,14,15,16). The zero-order chi connectivity index (χ0) is 13.0. The van der Waals surface area contributed by atoms with Crippen molar-refractivity contribution in [3.05, 3.63) is 0 Å². The van der Waals surface area contributed by atoms with Crippen LogP contribution in [0.5, 0.6) is 0 Å². The van der Waals surface area contributed by atoms with Crippen molar-refractivity contribution in [2.45, 2.75) is 44.1 Å². The Morgan fingerprint density at radius 2 is 1.56 bits per heavy atom. The minimum Gasteiger partial charge on any atom is -0.443 e. The van der Waals surface area contributed by atoms with Crippen molar-refractivity contribution in [2.24, 2.45) is 17.8 Å². The summed E-state index contributed by atoms with van der Waals surface area (Å²) in [4.78, 5) is 11.7. The molecular weight excluding hydrogens is 296 g/mol. The summed E-state index contributed by atoms with van der Waals surface area (Å²) in [6.45, 7) is 0. The van der Waals surface area contributed by atoms with Gasteiger partial charge in [-0.1, -0.05) is 0 Å². The average Bonchev–Trinajstić information content (AvgIpc) is 2.09. The molecule has 0 aromatic carbocycles. The second kappa shape index (κ2) is 4.29. The molecule has 4 rings (SSSR count). The fourth-order valence-corrected chi connectivity index (χ4v) is 5.15. The monoisotopic (exact) mass is 311 g/mol. The summed E-state index contributed by atoms with van der Waals surface area (Å²) >= 11 is 10.6. The predicted molar refractivity (Wildman–Crippen MR) is 69.8 cm³/mol. The fourth-order valence-electron chi connectivity index (χ4n) is 4.48. The highest BCUT2D eigenvalue weighted by Crippen LogP contribution is 2.57. The number of carbonyl (C=O) groups excluding carboxylic acids is 1. The summed E-state index contributed by atoms with van der Waals surface area (Å²) < 4.78 is 16.7. The molecule has 0 spiro atoms. The van der Waals surface area contributed by atoms with Crippen LogP contribution in [0.3, 0.4) is 0 Å².